The van der Waals surface area contributed by atoms with Crippen molar-refractivity contribution >= 4 is 74.6 Å². The van der Waals surface area contributed by atoms with Gasteiger partial charge in [-0.05, 0) is 0 Å². The van der Waals surface area contributed by atoms with Crippen LogP contribution in [0, 0.1) is 33.7 Å². The molecule has 24 heavy (non-hydrogen) atoms. The van der Waals surface area contributed by atoms with Crippen molar-refractivity contribution in [1.82, 2.24) is 5.32 Å². The van der Waals surface area contributed by atoms with Crippen LogP contribution in [0.1, 0.15) is 13.8 Å². The summed E-state index contributed by atoms with van der Waals surface area (Å²) in [5.74, 6) is 0. The second-order valence-electron chi connectivity index (χ2n) is 3.41. The van der Waals surface area contributed by atoms with Crippen LogP contribution in [-0.2, 0) is 32.5 Å². The average Bonchev–Trinajstić information content (AvgIpc) is 2.64. The van der Waals surface area contributed by atoms with Crippen molar-refractivity contribution in [3.63, 3.8) is 0 Å². The zero-order valence-electron chi connectivity index (χ0n) is 12.5. The first-order chi connectivity index (χ1) is 11.5. The van der Waals surface area contributed by atoms with E-state index in [0.717, 1.165) is 0 Å². The third-order valence-electron chi connectivity index (χ3n) is 1.68. The second-order valence-corrected chi connectivity index (χ2v) is 10.9. The number of hydrogen-bond donors (Lipinski definition) is 2. The van der Waals surface area contributed by atoms with Gasteiger partial charge < -0.3 is 0 Å². The van der Waals surface area contributed by atoms with Gasteiger partial charge in [0.15, 0.2) is 0 Å². The van der Waals surface area contributed by atoms with Crippen molar-refractivity contribution in [1.29, 1.82) is 0 Å². The van der Waals surface area contributed by atoms with Gasteiger partial charge >= 0.3 is 190 Å². The molecule has 1 aromatic carbocycles. The summed E-state index contributed by atoms with van der Waals surface area (Å²) in [6.07, 6.45) is 0. The van der Waals surface area contributed by atoms with E-state index in [0.29, 0.717) is 6.04 Å². The van der Waals surface area contributed by atoms with Gasteiger partial charge in [-0.2, -0.15) is 0 Å². The van der Waals surface area contributed by atoms with Gasteiger partial charge in [-0.1, -0.05) is 0 Å². The van der Waals surface area contributed by atoms with Crippen molar-refractivity contribution in [3.05, 3.63) is 51.9 Å². The van der Waals surface area contributed by atoms with Gasteiger partial charge in [-0.25, -0.2) is 0 Å². The summed E-state index contributed by atoms with van der Waals surface area (Å²) in [5, 5.41) is 7.04. The number of anilines is 1. The molecule has 0 heterocycles. The Morgan fingerprint density at radius 1 is 0.958 bits per heavy atom. The minimum atomic E-state index is -0.352. The van der Waals surface area contributed by atoms with Crippen LogP contribution < -0.4 is 10.6 Å². The molecular weight excluding hydrogens is 827 g/mol. The summed E-state index contributed by atoms with van der Waals surface area (Å²) in [6, 6.07) is 6.85. The zero-order valence-corrected chi connectivity index (χ0v) is 21.6. The molecule has 2 N–H and O–H groups in total. The Balaban J connectivity index is -0.000000218. The van der Waals surface area contributed by atoms with E-state index in [-0.39, 0.29) is 13.9 Å². The van der Waals surface area contributed by atoms with E-state index < -0.39 is 0 Å². The van der Waals surface area contributed by atoms with Crippen molar-refractivity contribution in [2.45, 2.75) is 19.9 Å². The molecule has 0 aliphatic carbocycles. The van der Waals surface area contributed by atoms with Crippen LogP contribution in [0.25, 0.3) is 0 Å². The molecule has 0 saturated carbocycles. The Morgan fingerprint density at radius 2 is 1.33 bits per heavy atom. The molecule has 130 valence electrons. The normalized spacial score (nSPS) is 8.67. The van der Waals surface area contributed by atoms with Crippen LogP contribution >= 0.6 is 64.7 Å². The van der Waals surface area contributed by atoms with Gasteiger partial charge in [-0.15, -0.1) is 0 Å². The molecule has 0 unspecified atom stereocenters. The van der Waals surface area contributed by atoms with Crippen LogP contribution in [0.5, 0.6) is 0 Å². The Morgan fingerprint density at radius 3 is 1.62 bits per heavy atom. The van der Waals surface area contributed by atoms with E-state index >= 15 is 0 Å². The van der Waals surface area contributed by atoms with Crippen molar-refractivity contribution in [2.75, 3.05) is 5.32 Å². The van der Waals surface area contributed by atoms with Gasteiger partial charge in [0.1, 0.15) is 0 Å². The molecule has 10 heteroatoms. The van der Waals surface area contributed by atoms with Crippen LogP contribution in [0.3, 0.4) is 0 Å². The first-order valence-electron chi connectivity index (χ1n) is 5.46. The molecular formula is C14H12I3N2O4Re. The van der Waals surface area contributed by atoms with Crippen molar-refractivity contribution in [2.24, 2.45) is 0 Å². The van der Waals surface area contributed by atoms with Crippen LogP contribution in [0.15, 0.2) is 18.2 Å². The van der Waals surface area contributed by atoms with E-state index in [1.54, 1.807) is 0 Å². The molecule has 0 radical (unpaired) electrons. The van der Waals surface area contributed by atoms with E-state index in [2.05, 4.69) is 134 Å². The second kappa shape index (κ2) is 25.9. The topological polar surface area (TPSA) is 104 Å². The molecule has 0 atom stereocenters. The van der Waals surface area contributed by atoms with Crippen molar-refractivity contribution in [3.8, 4) is 0 Å². The van der Waals surface area contributed by atoms with Crippen LogP contribution in [0.4, 0.5) is 5.69 Å². The molecule has 0 aromatic heterocycles. The van der Waals surface area contributed by atoms with Gasteiger partial charge in [0, 0.05) is 0 Å². The molecule has 0 aliphatic heterocycles. The Labute approximate surface area is 187 Å². The summed E-state index contributed by atoms with van der Waals surface area (Å²) in [7, 11) is 0. The van der Waals surface area contributed by atoms with Crippen molar-refractivity contribution < 1.29 is 32.5 Å². The van der Waals surface area contributed by atoms with Crippen LogP contribution in [-0.4, -0.2) is 10.3 Å². The zero-order chi connectivity index (χ0) is 20.1. The Bertz CT molecular complexity index is 514. The summed E-state index contributed by atoms with van der Waals surface area (Å²) < 4.78 is 33.9. The Hall–Kier alpha value is 0.662. The molecule has 0 aliphatic rings. The summed E-state index contributed by atoms with van der Waals surface area (Å²) in [6.45, 7) is 22.3. The quantitative estimate of drug-likeness (QED) is 0.275. The SMILES string of the molecule is CC(C)N[C](Nc1c(I)cccc1I)=[Re][I].[C-]#[O+].[C-]#[O+].[C-]#[O+].[C-]#[O+]. The predicted octanol–water partition coefficient (Wildman–Crippen LogP) is 3.68. The molecule has 0 spiro atoms. The van der Waals surface area contributed by atoms with E-state index in [1.165, 1.54) is 17.1 Å². The fourth-order valence-corrected chi connectivity index (χ4v) is 6.03. The summed E-state index contributed by atoms with van der Waals surface area (Å²) in [5.41, 5.74) is 1.24. The number of para-hydroxylation sites is 1. The summed E-state index contributed by atoms with van der Waals surface area (Å²) in [4.78, 5) is 0. The van der Waals surface area contributed by atoms with Crippen LogP contribution in [0.2, 0.25) is 0 Å². The summed E-state index contributed by atoms with van der Waals surface area (Å²) >= 11 is 6.92. The Kier molecular flexibility index (Phi) is 34.9. The molecule has 1 aromatic rings. The third-order valence-corrected chi connectivity index (χ3v) is 8.06. The number of rotatable bonds is 4. The third kappa shape index (κ3) is 17.5. The standard InChI is InChI=1S/C10H12I2N2.4CO.HI.Re/c1-7(2)13-6-14-10-8(11)4-3-5-9(10)12;4*1-2;;/h3-5,7,13-14H,1-2H3;;;;;1H;/q;;;;;;+1/p-1. The van der Waals surface area contributed by atoms with E-state index in [4.69, 9.17) is 18.6 Å². The fourth-order valence-electron chi connectivity index (χ4n) is 1.05. The van der Waals surface area contributed by atoms with E-state index in [9.17, 15) is 0 Å². The van der Waals surface area contributed by atoms with Gasteiger partial charge in [0.05, 0.1) is 0 Å². The predicted molar refractivity (Wildman–Crippen MR) is 109 cm³/mol. The number of benzene rings is 1. The molecule has 0 saturated heterocycles. The van der Waals surface area contributed by atoms with Gasteiger partial charge in [0.25, 0.3) is 0 Å². The molecule has 0 amide bonds. The maximum absolute atomic E-state index is 7.50. The monoisotopic (exact) mass is 840 g/mol. The van der Waals surface area contributed by atoms with Gasteiger partial charge in [-0.3, -0.25) is 0 Å². The van der Waals surface area contributed by atoms with E-state index in [1.807, 2.05) is 0 Å². The maximum atomic E-state index is 7.50. The number of halogens is 3. The van der Waals surface area contributed by atoms with Gasteiger partial charge in [0.2, 0.25) is 0 Å². The first-order valence-corrected chi connectivity index (χ1v) is 16.7. The average molecular weight is 839 g/mol. The minimum absolute atomic E-state index is 0.352. The fraction of sp³-hybridized carbons (Fsp3) is 0.214. The first kappa shape index (κ1) is 32.3. The molecule has 0 bridgehead atoms. The molecule has 0 fully saturated rings. The molecule has 6 nitrogen and oxygen atoms in total. The molecule has 1 rings (SSSR count). The number of nitrogens with one attached hydrogen (secondary N) is 2. The number of hydrogen-bond acceptors (Lipinski definition) is 2.